The van der Waals surface area contributed by atoms with Crippen molar-refractivity contribution in [3.63, 3.8) is 0 Å². The first-order chi connectivity index (χ1) is 10.8. The van der Waals surface area contributed by atoms with Crippen molar-refractivity contribution >= 4 is 0 Å². The van der Waals surface area contributed by atoms with E-state index >= 15 is 0 Å². The van der Waals surface area contributed by atoms with Gasteiger partial charge in [-0.3, -0.25) is 0 Å². The van der Waals surface area contributed by atoms with Crippen molar-refractivity contribution in [2.24, 2.45) is 0 Å². The van der Waals surface area contributed by atoms with Crippen molar-refractivity contribution in [3.8, 4) is 11.8 Å². The van der Waals surface area contributed by atoms with Gasteiger partial charge in [-0.05, 0) is 37.5 Å². The molecule has 0 aliphatic heterocycles. The van der Waals surface area contributed by atoms with E-state index in [1.54, 1.807) is 6.07 Å². The molecule has 2 aromatic rings. The predicted octanol–water partition coefficient (Wildman–Crippen LogP) is 3.88. The van der Waals surface area contributed by atoms with E-state index in [2.05, 4.69) is 0 Å². The van der Waals surface area contributed by atoms with Gasteiger partial charge in [0.1, 0.15) is 11.9 Å². The van der Waals surface area contributed by atoms with Crippen molar-refractivity contribution in [1.82, 2.24) is 4.57 Å². The summed E-state index contributed by atoms with van der Waals surface area (Å²) in [5.74, 6) is -0.728. The summed E-state index contributed by atoms with van der Waals surface area (Å²) < 4.78 is 54.5. The molecule has 1 atom stereocenters. The molecule has 0 saturated heterocycles. The molecule has 23 heavy (non-hydrogen) atoms. The third-order valence-electron chi connectivity index (χ3n) is 4.03. The van der Waals surface area contributed by atoms with E-state index in [-0.39, 0.29) is 23.2 Å². The summed E-state index contributed by atoms with van der Waals surface area (Å²) in [6, 6.07) is 5.24. The maximum Gasteiger partial charge on any atom is 0.418 e. The fourth-order valence-electron chi connectivity index (χ4n) is 3.00. The highest BCUT2D eigenvalue weighted by atomic mass is 19.4. The van der Waals surface area contributed by atoms with Crippen LogP contribution in [0.5, 0.6) is 0 Å². The minimum absolute atomic E-state index is 0.119. The Balaban J connectivity index is 2.23. The summed E-state index contributed by atoms with van der Waals surface area (Å²) in [7, 11) is 0. The molecular formula is C16H12F4N2O. The summed E-state index contributed by atoms with van der Waals surface area (Å²) in [6.07, 6.45) is -3.65. The number of nitrogens with zero attached hydrogens (tertiary/aromatic N) is 2. The zero-order valence-electron chi connectivity index (χ0n) is 11.9. The normalized spacial score (nSPS) is 17.7. The van der Waals surface area contributed by atoms with Gasteiger partial charge in [0.05, 0.1) is 17.2 Å². The topological polar surface area (TPSA) is 49.0 Å². The van der Waals surface area contributed by atoms with Gasteiger partial charge in [0.15, 0.2) is 0 Å². The fourth-order valence-corrected chi connectivity index (χ4v) is 3.00. The number of nitriles is 1. The summed E-state index contributed by atoms with van der Waals surface area (Å²) in [6.45, 7) is 0. The quantitative estimate of drug-likeness (QED) is 0.809. The summed E-state index contributed by atoms with van der Waals surface area (Å²) >= 11 is 0. The molecule has 0 saturated carbocycles. The molecule has 0 radical (unpaired) electrons. The highest BCUT2D eigenvalue weighted by molar-refractivity contribution is 5.48. The van der Waals surface area contributed by atoms with Gasteiger partial charge in [-0.1, -0.05) is 0 Å². The average molecular weight is 324 g/mol. The zero-order chi connectivity index (χ0) is 16.8. The summed E-state index contributed by atoms with van der Waals surface area (Å²) in [5, 5.41) is 18.9. The lowest BCUT2D eigenvalue weighted by Crippen LogP contribution is -2.15. The van der Waals surface area contributed by atoms with Gasteiger partial charge in [-0.2, -0.15) is 18.4 Å². The van der Waals surface area contributed by atoms with Gasteiger partial charge in [-0.25, -0.2) is 4.39 Å². The molecule has 1 aliphatic carbocycles. The third-order valence-corrected chi connectivity index (χ3v) is 4.03. The van der Waals surface area contributed by atoms with Crippen molar-refractivity contribution in [2.45, 2.75) is 31.5 Å². The number of aliphatic hydroxyl groups is 1. The number of benzene rings is 1. The lowest BCUT2D eigenvalue weighted by atomic mass is 9.92. The monoisotopic (exact) mass is 324 g/mol. The number of alkyl halides is 3. The van der Waals surface area contributed by atoms with Crippen LogP contribution >= 0.6 is 0 Å². The third kappa shape index (κ3) is 2.59. The molecule has 3 nitrogen and oxygen atoms in total. The van der Waals surface area contributed by atoms with Crippen LogP contribution in [0.25, 0.3) is 5.69 Å². The van der Waals surface area contributed by atoms with Gasteiger partial charge in [0, 0.05) is 23.1 Å². The van der Waals surface area contributed by atoms with Gasteiger partial charge in [0.2, 0.25) is 0 Å². The molecule has 0 spiro atoms. The van der Waals surface area contributed by atoms with Crippen LogP contribution in [-0.4, -0.2) is 9.67 Å². The zero-order valence-corrected chi connectivity index (χ0v) is 11.9. The van der Waals surface area contributed by atoms with E-state index in [4.69, 9.17) is 5.26 Å². The van der Waals surface area contributed by atoms with Crippen LogP contribution in [0.4, 0.5) is 17.6 Å². The standard InChI is InChI=1S/C16H12F4N2O/c17-12-5-4-10(6-9(12)7-21)22-8-11(16(18,19)20)15-13(22)2-1-3-14(15)23/h4-6,8,14,23H,1-3H2. The number of halogens is 4. The van der Waals surface area contributed by atoms with Crippen LogP contribution in [0.3, 0.4) is 0 Å². The van der Waals surface area contributed by atoms with Gasteiger partial charge in [0.25, 0.3) is 0 Å². The molecule has 1 aromatic carbocycles. The molecule has 120 valence electrons. The van der Waals surface area contributed by atoms with E-state index in [1.165, 1.54) is 16.7 Å². The van der Waals surface area contributed by atoms with Crippen LogP contribution in [0.1, 0.15) is 41.3 Å². The maximum atomic E-state index is 13.4. The van der Waals surface area contributed by atoms with Crippen LogP contribution in [-0.2, 0) is 12.6 Å². The van der Waals surface area contributed by atoms with Crippen molar-refractivity contribution in [3.05, 3.63) is 52.6 Å². The second-order valence-electron chi connectivity index (χ2n) is 5.45. The van der Waals surface area contributed by atoms with E-state index in [0.717, 1.165) is 12.3 Å². The SMILES string of the molecule is N#Cc1cc(-n2cc(C(F)(F)F)c3c2CCCC3O)ccc1F. The Morgan fingerprint density at radius 1 is 1.30 bits per heavy atom. The second kappa shape index (κ2) is 5.39. The highest BCUT2D eigenvalue weighted by Crippen LogP contribution is 2.42. The number of aromatic nitrogens is 1. The Kier molecular flexibility index (Phi) is 3.65. The number of fused-ring (bicyclic) bond motifs is 1. The molecule has 3 rings (SSSR count). The molecule has 0 bridgehead atoms. The number of hydrogen-bond acceptors (Lipinski definition) is 2. The van der Waals surface area contributed by atoms with Crippen LogP contribution in [0.2, 0.25) is 0 Å². The maximum absolute atomic E-state index is 13.4. The Morgan fingerprint density at radius 2 is 2.04 bits per heavy atom. The van der Waals surface area contributed by atoms with Crippen LogP contribution < -0.4 is 0 Å². The predicted molar refractivity (Wildman–Crippen MR) is 73.3 cm³/mol. The Labute approximate surface area is 129 Å². The Bertz CT molecular complexity index is 802. The second-order valence-corrected chi connectivity index (χ2v) is 5.45. The lowest BCUT2D eigenvalue weighted by molar-refractivity contribution is -0.139. The molecule has 1 heterocycles. The van der Waals surface area contributed by atoms with Gasteiger partial charge < -0.3 is 9.67 Å². The smallest absolute Gasteiger partial charge is 0.388 e. The van der Waals surface area contributed by atoms with Crippen molar-refractivity contribution in [1.29, 1.82) is 5.26 Å². The van der Waals surface area contributed by atoms with Crippen molar-refractivity contribution in [2.75, 3.05) is 0 Å². The first-order valence-corrected chi connectivity index (χ1v) is 7.02. The van der Waals surface area contributed by atoms with Crippen LogP contribution in [0.15, 0.2) is 24.4 Å². The number of rotatable bonds is 1. The van der Waals surface area contributed by atoms with E-state index < -0.39 is 23.7 Å². The molecule has 1 aliphatic rings. The van der Waals surface area contributed by atoms with E-state index in [1.807, 2.05) is 0 Å². The largest absolute Gasteiger partial charge is 0.418 e. The molecule has 7 heteroatoms. The molecular weight excluding hydrogens is 312 g/mol. The lowest BCUT2D eigenvalue weighted by Gasteiger charge is -2.21. The minimum Gasteiger partial charge on any atom is -0.388 e. The van der Waals surface area contributed by atoms with E-state index in [0.29, 0.717) is 18.5 Å². The average Bonchev–Trinajstić information content (AvgIpc) is 2.89. The van der Waals surface area contributed by atoms with Crippen LogP contribution in [0, 0.1) is 17.1 Å². The highest BCUT2D eigenvalue weighted by Gasteiger charge is 2.40. The molecule has 1 aromatic heterocycles. The molecule has 0 fully saturated rings. The summed E-state index contributed by atoms with van der Waals surface area (Å²) in [4.78, 5) is 0. The van der Waals surface area contributed by atoms with Gasteiger partial charge in [-0.15, -0.1) is 0 Å². The molecule has 0 amide bonds. The number of aliphatic hydroxyl groups excluding tert-OH is 1. The van der Waals surface area contributed by atoms with Crippen molar-refractivity contribution < 1.29 is 22.7 Å². The Morgan fingerprint density at radius 3 is 2.70 bits per heavy atom. The number of hydrogen-bond donors (Lipinski definition) is 1. The van der Waals surface area contributed by atoms with E-state index in [9.17, 15) is 22.7 Å². The minimum atomic E-state index is -4.59. The fraction of sp³-hybridized carbons (Fsp3) is 0.312. The Hall–Kier alpha value is -2.33. The molecule has 1 unspecified atom stereocenters. The first-order valence-electron chi connectivity index (χ1n) is 7.02. The molecule has 1 N–H and O–H groups in total. The summed E-state index contributed by atoms with van der Waals surface area (Å²) in [5.41, 5.74) is -0.626. The first kappa shape index (κ1) is 15.6. The van der Waals surface area contributed by atoms with Gasteiger partial charge >= 0.3 is 6.18 Å².